The van der Waals surface area contributed by atoms with Crippen molar-refractivity contribution in [3.63, 3.8) is 0 Å². The Kier molecular flexibility index (Phi) is 4.10. The highest BCUT2D eigenvalue weighted by Gasteiger charge is 2.37. The number of nitrogens with one attached hydrogen (secondary N) is 1. The molecule has 5 aromatic rings. The Morgan fingerprint density at radius 2 is 2.06 bits per heavy atom. The molecule has 1 aliphatic rings. The van der Waals surface area contributed by atoms with Gasteiger partial charge < -0.3 is 14.3 Å². The number of imidazole rings is 1. The van der Waals surface area contributed by atoms with E-state index in [4.69, 9.17) is 9.40 Å². The van der Waals surface area contributed by atoms with Crippen LogP contribution < -0.4 is 0 Å². The topological polar surface area (TPSA) is 119 Å². The molecule has 0 spiro atoms. The second-order valence-electron chi connectivity index (χ2n) is 7.63. The van der Waals surface area contributed by atoms with E-state index in [1.807, 2.05) is 36.4 Å². The number of H-pyrrole nitrogens is 1. The Morgan fingerprint density at radius 3 is 2.94 bits per heavy atom. The molecule has 1 N–H and O–H groups in total. The van der Waals surface area contributed by atoms with E-state index in [9.17, 15) is 4.79 Å². The molecule has 4 aromatic heterocycles. The molecule has 0 bridgehead atoms. The summed E-state index contributed by atoms with van der Waals surface area (Å²) < 4.78 is 7.32. The van der Waals surface area contributed by atoms with Crippen LogP contribution in [0.15, 0.2) is 59.4 Å². The van der Waals surface area contributed by atoms with E-state index >= 15 is 0 Å². The van der Waals surface area contributed by atoms with Crippen molar-refractivity contribution in [3.05, 3.63) is 78.0 Å². The van der Waals surface area contributed by atoms with E-state index in [0.29, 0.717) is 18.7 Å². The number of fused-ring (bicyclic) bond motifs is 2. The molecule has 10 heteroatoms. The zero-order valence-corrected chi connectivity index (χ0v) is 17.1. The zero-order chi connectivity index (χ0) is 21.7. The van der Waals surface area contributed by atoms with Gasteiger partial charge in [0, 0.05) is 37.3 Å². The Labute approximate surface area is 181 Å². The van der Waals surface area contributed by atoms with Crippen molar-refractivity contribution in [2.75, 3.05) is 6.54 Å². The molecule has 0 saturated heterocycles. The molecule has 0 aliphatic carbocycles. The number of amides is 1. The van der Waals surface area contributed by atoms with Crippen molar-refractivity contribution in [1.29, 1.82) is 0 Å². The number of aromatic nitrogens is 7. The Bertz CT molecular complexity index is 1450. The van der Waals surface area contributed by atoms with Gasteiger partial charge in [-0.1, -0.05) is 24.3 Å². The van der Waals surface area contributed by atoms with Gasteiger partial charge in [-0.05, 0) is 18.2 Å². The first-order chi connectivity index (χ1) is 15.7. The number of hydrogen-bond donors (Lipinski definition) is 1. The minimum atomic E-state index is -0.465. The van der Waals surface area contributed by atoms with E-state index in [1.54, 1.807) is 35.2 Å². The Morgan fingerprint density at radius 1 is 1.16 bits per heavy atom. The van der Waals surface area contributed by atoms with Gasteiger partial charge in [0.25, 0.3) is 5.89 Å². The first-order valence-electron chi connectivity index (χ1n) is 10.2. The third kappa shape index (κ3) is 2.96. The zero-order valence-electron chi connectivity index (χ0n) is 17.1. The number of carbonyl (C=O) groups is 1. The Hall–Kier alpha value is -4.34. The summed E-state index contributed by atoms with van der Waals surface area (Å²) in [4.78, 5) is 27.7. The summed E-state index contributed by atoms with van der Waals surface area (Å²) in [5.74, 6) is -0.254. The monoisotopic (exact) mass is 426 g/mol. The lowest BCUT2D eigenvalue weighted by molar-refractivity contribution is 0.0647. The van der Waals surface area contributed by atoms with Crippen LogP contribution in [0.3, 0.4) is 0 Å². The normalized spacial score (nSPS) is 15.8. The second kappa shape index (κ2) is 7.12. The number of hydrogen-bond acceptors (Lipinski definition) is 7. The van der Waals surface area contributed by atoms with Crippen molar-refractivity contribution < 1.29 is 9.21 Å². The van der Waals surface area contributed by atoms with Gasteiger partial charge in [0.1, 0.15) is 11.7 Å². The molecular formula is C22H18N8O2. The van der Waals surface area contributed by atoms with E-state index in [0.717, 1.165) is 28.0 Å². The fourth-order valence-electron chi connectivity index (χ4n) is 4.09. The summed E-state index contributed by atoms with van der Waals surface area (Å²) in [6.07, 6.45) is 4.07. The van der Waals surface area contributed by atoms with Gasteiger partial charge in [0.05, 0.1) is 23.2 Å². The quantitative estimate of drug-likeness (QED) is 0.471. The average molecular weight is 426 g/mol. The van der Waals surface area contributed by atoms with Crippen LogP contribution in [0.5, 0.6) is 0 Å². The number of rotatable bonds is 3. The molecule has 10 nitrogen and oxygen atoms in total. The fourth-order valence-corrected chi connectivity index (χ4v) is 4.09. The lowest BCUT2D eigenvalue weighted by atomic mass is 9.98. The molecule has 6 rings (SSSR count). The lowest BCUT2D eigenvalue weighted by Crippen LogP contribution is -2.41. The van der Waals surface area contributed by atoms with Crippen LogP contribution >= 0.6 is 0 Å². The number of carbonyl (C=O) groups excluding carboxylic acids is 1. The number of aromatic amines is 1. The number of para-hydroxylation sites is 1. The molecule has 1 atom stereocenters. The highest BCUT2D eigenvalue weighted by molar-refractivity contribution is 5.90. The SMILES string of the molecule is Cn1ccc(-c2nnc(C(=O)N3CCc4[nH]cnc4[C@H]3c3ccc4ccccc4n3)o2)n1. The van der Waals surface area contributed by atoms with Crippen LogP contribution in [0.25, 0.3) is 22.5 Å². The molecule has 0 radical (unpaired) electrons. The molecule has 158 valence electrons. The van der Waals surface area contributed by atoms with E-state index < -0.39 is 6.04 Å². The summed E-state index contributed by atoms with van der Waals surface area (Å²) in [5, 5.41) is 13.3. The molecule has 32 heavy (non-hydrogen) atoms. The van der Waals surface area contributed by atoms with Crippen LogP contribution in [0.1, 0.15) is 33.8 Å². The Balaban J connectivity index is 1.40. The number of nitrogens with zero attached hydrogens (tertiary/aromatic N) is 7. The van der Waals surface area contributed by atoms with Gasteiger partial charge in [0.2, 0.25) is 0 Å². The highest BCUT2D eigenvalue weighted by atomic mass is 16.4. The molecule has 5 heterocycles. The van der Waals surface area contributed by atoms with Gasteiger partial charge in [-0.15, -0.1) is 10.2 Å². The summed E-state index contributed by atoms with van der Waals surface area (Å²) in [7, 11) is 1.79. The van der Waals surface area contributed by atoms with Crippen LogP contribution in [0.4, 0.5) is 0 Å². The van der Waals surface area contributed by atoms with Crippen LogP contribution in [-0.2, 0) is 13.5 Å². The standard InChI is InChI=1S/C22H18N8O2/c1-29-10-8-17(28-29)20-26-27-21(32-20)22(31)30-11-9-15-18(24-12-23-15)19(30)16-7-6-13-4-2-3-5-14(13)25-16/h2-8,10,12,19H,9,11H2,1H3,(H,23,24)/t19-/m1/s1. The lowest BCUT2D eigenvalue weighted by Gasteiger charge is -2.33. The van der Waals surface area contributed by atoms with Crippen molar-refractivity contribution in [2.24, 2.45) is 7.05 Å². The van der Waals surface area contributed by atoms with Gasteiger partial charge in [-0.2, -0.15) is 5.10 Å². The average Bonchev–Trinajstić information content (AvgIpc) is 3.58. The number of aryl methyl sites for hydroxylation is 1. The molecule has 0 unspecified atom stereocenters. The smallest absolute Gasteiger partial charge is 0.312 e. The summed E-state index contributed by atoms with van der Waals surface area (Å²) in [6, 6.07) is 13.1. The highest BCUT2D eigenvalue weighted by Crippen LogP contribution is 2.34. The van der Waals surface area contributed by atoms with Crippen molar-refractivity contribution in [1.82, 2.24) is 39.8 Å². The molecular weight excluding hydrogens is 408 g/mol. The summed E-state index contributed by atoms with van der Waals surface area (Å²) >= 11 is 0. The maximum absolute atomic E-state index is 13.5. The van der Waals surface area contributed by atoms with Crippen LogP contribution in [0, 0.1) is 0 Å². The fraction of sp³-hybridized carbons (Fsp3) is 0.182. The predicted molar refractivity (Wildman–Crippen MR) is 113 cm³/mol. The maximum atomic E-state index is 13.5. The van der Waals surface area contributed by atoms with Crippen molar-refractivity contribution in [3.8, 4) is 11.6 Å². The summed E-state index contributed by atoms with van der Waals surface area (Å²) in [6.45, 7) is 0.467. The molecule has 1 aliphatic heterocycles. The molecule has 1 amide bonds. The van der Waals surface area contributed by atoms with Crippen molar-refractivity contribution >= 4 is 16.8 Å². The van der Waals surface area contributed by atoms with Gasteiger partial charge in [0.15, 0.2) is 0 Å². The third-order valence-electron chi connectivity index (χ3n) is 5.63. The predicted octanol–water partition coefficient (Wildman–Crippen LogP) is 2.53. The summed E-state index contributed by atoms with van der Waals surface area (Å²) in [5.41, 5.74) is 3.87. The second-order valence-corrected chi connectivity index (χ2v) is 7.63. The van der Waals surface area contributed by atoms with Gasteiger partial charge in [-0.25, -0.2) is 4.98 Å². The maximum Gasteiger partial charge on any atom is 0.312 e. The van der Waals surface area contributed by atoms with E-state index in [2.05, 4.69) is 25.3 Å². The van der Waals surface area contributed by atoms with Crippen LogP contribution in [-0.4, -0.2) is 52.3 Å². The van der Waals surface area contributed by atoms with Crippen LogP contribution in [0.2, 0.25) is 0 Å². The first-order valence-corrected chi connectivity index (χ1v) is 10.2. The van der Waals surface area contributed by atoms with E-state index in [-0.39, 0.29) is 17.7 Å². The van der Waals surface area contributed by atoms with Crippen molar-refractivity contribution in [2.45, 2.75) is 12.5 Å². The largest absolute Gasteiger partial charge is 0.411 e. The molecule has 0 saturated carbocycles. The van der Waals surface area contributed by atoms with Gasteiger partial charge >= 0.3 is 11.8 Å². The first kappa shape index (κ1) is 18.4. The molecule has 0 fully saturated rings. The minimum Gasteiger partial charge on any atom is -0.411 e. The third-order valence-corrected chi connectivity index (χ3v) is 5.63. The van der Waals surface area contributed by atoms with E-state index in [1.165, 1.54) is 0 Å². The molecule has 1 aromatic carbocycles. The number of benzene rings is 1. The van der Waals surface area contributed by atoms with Gasteiger partial charge in [-0.3, -0.25) is 14.5 Å². The minimum absolute atomic E-state index is 0.0876. The number of pyridine rings is 1.